The minimum absolute atomic E-state index is 0.0461. The van der Waals surface area contributed by atoms with Gasteiger partial charge < -0.3 is 14.5 Å². The van der Waals surface area contributed by atoms with Gasteiger partial charge in [-0.25, -0.2) is 17.6 Å². The predicted octanol–water partition coefficient (Wildman–Crippen LogP) is 3.22. The van der Waals surface area contributed by atoms with Gasteiger partial charge in [0.15, 0.2) is 0 Å². The van der Waals surface area contributed by atoms with Crippen LogP contribution in [-0.2, 0) is 14.8 Å². The van der Waals surface area contributed by atoms with Crippen molar-refractivity contribution in [3.63, 3.8) is 0 Å². The molecule has 0 spiro atoms. The molecule has 1 fully saturated rings. The van der Waals surface area contributed by atoms with E-state index in [-0.39, 0.29) is 40.9 Å². The molecule has 11 heteroatoms. The molecule has 0 N–H and O–H groups in total. The first-order valence-corrected chi connectivity index (χ1v) is 11.7. The highest BCUT2D eigenvalue weighted by atomic mass is 35.5. The van der Waals surface area contributed by atoms with Crippen molar-refractivity contribution in [2.24, 2.45) is 0 Å². The van der Waals surface area contributed by atoms with Gasteiger partial charge in [0.2, 0.25) is 0 Å². The molecule has 172 valence electrons. The van der Waals surface area contributed by atoms with Gasteiger partial charge in [-0.05, 0) is 49.4 Å². The fraction of sp³-hybridized carbons (Fsp3) is 0.333. The molecule has 1 saturated heterocycles. The molecule has 0 saturated carbocycles. The van der Waals surface area contributed by atoms with Crippen LogP contribution < -0.4 is 4.31 Å². The zero-order chi connectivity index (χ0) is 23.5. The van der Waals surface area contributed by atoms with E-state index in [0.29, 0.717) is 13.1 Å². The van der Waals surface area contributed by atoms with E-state index >= 15 is 0 Å². The van der Waals surface area contributed by atoms with Crippen LogP contribution in [0, 0.1) is 5.82 Å². The van der Waals surface area contributed by atoms with E-state index in [1.165, 1.54) is 47.2 Å². The lowest BCUT2D eigenvalue weighted by Gasteiger charge is -2.34. The maximum Gasteiger partial charge on any atom is 0.409 e. The van der Waals surface area contributed by atoms with Gasteiger partial charge in [-0.3, -0.25) is 9.10 Å². The summed E-state index contributed by atoms with van der Waals surface area (Å²) in [6.45, 7) is 3.11. The number of hydrogen-bond donors (Lipinski definition) is 0. The maximum atomic E-state index is 13.2. The van der Waals surface area contributed by atoms with Crippen LogP contribution in [0.5, 0.6) is 0 Å². The first kappa shape index (κ1) is 23.8. The van der Waals surface area contributed by atoms with E-state index in [9.17, 15) is 22.4 Å². The lowest BCUT2D eigenvalue weighted by Crippen LogP contribution is -2.50. The molecule has 1 heterocycles. The summed E-state index contributed by atoms with van der Waals surface area (Å²) in [6, 6.07) is 8.91. The minimum Gasteiger partial charge on any atom is -0.450 e. The predicted molar refractivity (Wildman–Crippen MR) is 118 cm³/mol. The van der Waals surface area contributed by atoms with Gasteiger partial charge in [-0.1, -0.05) is 11.6 Å². The second-order valence-corrected chi connectivity index (χ2v) is 9.45. The van der Waals surface area contributed by atoms with Crippen molar-refractivity contribution in [2.75, 3.05) is 44.1 Å². The van der Waals surface area contributed by atoms with Crippen LogP contribution in [0.15, 0.2) is 47.4 Å². The van der Waals surface area contributed by atoms with Gasteiger partial charge >= 0.3 is 6.09 Å². The Morgan fingerprint density at radius 1 is 1.06 bits per heavy atom. The Kier molecular flexibility index (Phi) is 7.25. The number of rotatable bonds is 5. The number of amides is 2. The summed E-state index contributed by atoms with van der Waals surface area (Å²) in [4.78, 5) is 27.8. The van der Waals surface area contributed by atoms with E-state index < -0.39 is 27.8 Å². The highest BCUT2D eigenvalue weighted by molar-refractivity contribution is 7.92. The Hall–Kier alpha value is -2.85. The van der Waals surface area contributed by atoms with Crippen LogP contribution in [-0.4, -0.2) is 70.1 Å². The van der Waals surface area contributed by atoms with E-state index in [1.807, 2.05) is 0 Å². The Morgan fingerprint density at radius 3 is 2.25 bits per heavy atom. The molecule has 1 aliphatic rings. The van der Waals surface area contributed by atoms with Gasteiger partial charge in [-0.15, -0.1) is 0 Å². The topological polar surface area (TPSA) is 87.2 Å². The summed E-state index contributed by atoms with van der Waals surface area (Å²) in [5, 5.41) is 0.117. The summed E-state index contributed by atoms with van der Waals surface area (Å²) >= 11 is 6.21. The first-order valence-electron chi connectivity index (χ1n) is 9.90. The fourth-order valence-electron chi connectivity index (χ4n) is 3.25. The van der Waals surface area contributed by atoms with E-state index in [1.54, 1.807) is 6.92 Å². The maximum absolute atomic E-state index is 13.2. The molecule has 2 amide bonds. The van der Waals surface area contributed by atoms with Crippen molar-refractivity contribution in [2.45, 2.75) is 11.8 Å². The average Bonchev–Trinajstić information content (AvgIpc) is 2.79. The van der Waals surface area contributed by atoms with E-state index in [4.69, 9.17) is 16.3 Å². The van der Waals surface area contributed by atoms with Crippen LogP contribution in [0.3, 0.4) is 0 Å². The molecule has 0 aliphatic carbocycles. The highest BCUT2D eigenvalue weighted by Gasteiger charge is 2.29. The Balaban J connectivity index is 1.80. The quantitative estimate of drug-likeness (QED) is 0.651. The Morgan fingerprint density at radius 2 is 1.66 bits per heavy atom. The van der Waals surface area contributed by atoms with Crippen LogP contribution in [0.25, 0.3) is 0 Å². The second-order valence-electron chi connectivity index (χ2n) is 7.07. The van der Waals surface area contributed by atoms with Crippen molar-refractivity contribution in [1.82, 2.24) is 9.80 Å². The number of halogens is 2. The molecule has 0 atom stereocenters. The van der Waals surface area contributed by atoms with Crippen molar-refractivity contribution in [3.8, 4) is 0 Å². The number of benzene rings is 2. The zero-order valence-electron chi connectivity index (χ0n) is 17.6. The van der Waals surface area contributed by atoms with E-state index in [2.05, 4.69) is 0 Å². The summed E-state index contributed by atoms with van der Waals surface area (Å²) in [7, 11) is -2.68. The summed E-state index contributed by atoms with van der Waals surface area (Å²) in [5.74, 6) is -0.915. The molecular weight excluding hydrogens is 461 g/mol. The largest absolute Gasteiger partial charge is 0.450 e. The number of nitrogens with zero attached hydrogens (tertiary/aromatic N) is 3. The molecule has 0 unspecified atom stereocenters. The number of hydrogen-bond acceptors (Lipinski definition) is 5. The highest BCUT2D eigenvalue weighted by Crippen LogP contribution is 2.27. The summed E-state index contributed by atoms with van der Waals surface area (Å²) < 4.78 is 45.3. The van der Waals surface area contributed by atoms with Gasteiger partial charge in [0.1, 0.15) is 5.82 Å². The van der Waals surface area contributed by atoms with Gasteiger partial charge in [0, 0.05) is 33.2 Å². The molecule has 2 aromatic rings. The lowest BCUT2D eigenvalue weighted by atomic mass is 10.2. The third kappa shape index (κ3) is 4.97. The average molecular weight is 484 g/mol. The lowest BCUT2D eigenvalue weighted by molar-refractivity contribution is 0.0570. The number of sulfonamides is 1. The number of carbonyl (C=O) groups is 2. The monoisotopic (exact) mass is 483 g/mol. The molecule has 1 aliphatic heterocycles. The molecule has 2 aromatic carbocycles. The molecule has 0 radical (unpaired) electrons. The SMILES string of the molecule is CCOC(=O)N1CCN(C(=O)c2cc(S(=O)(=O)N(C)c3ccc(F)cc3)ccc2Cl)CC1. The van der Waals surface area contributed by atoms with Crippen molar-refractivity contribution in [1.29, 1.82) is 0 Å². The molecule has 0 bridgehead atoms. The van der Waals surface area contributed by atoms with Crippen molar-refractivity contribution < 1.29 is 27.1 Å². The van der Waals surface area contributed by atoms with Crippen LogP contribution in [0.1, 0.15) is 17.3 Å². The van der Waals surface area contributed by atoms with Crippen molar-refractivity contribution in [3.05, 3.63) is 58.9 Å². The van der Waals surface area contributed by atoms with Crippen LogP contribution in [0.2, 0.25) is 5.02 Å². The fourth-order valence-corrected chi connectivity index (χ4v) is 4.67. The summed E-state index contributed by atoms with van der Waals surface area (Å²) in [5.41, 5.74) is 0.314. The normalized spacial score (nSPS) is 14.2. The molecule has 8 nitrogen and oxygen atoms in total. The van der Waals surface area contributed by atoms with Gasteiger partial charge in [-0.2, -0.15) is 0 Å². The molecule has 3 rings (SSSR count). The smallest absolute Gasteiger partial charge is 0.409 e. The Bertz CT molecular complexity index is 1100. The van der Waals surface area contributed by atoms with Crippen molar-refractivity contribution >= 4 is 39.3 Å². The van der Waals surface area contributed by atoms with E-state index in [0.717, 1.165) is 16.4 Å². The molecule has 0 aromatic heterocycles. The molecule has 32 heavy (non-hydrogen) atoms. The number of ether oxygens (including phenoxy) is 1. The number of anilines is 1. The Labute approximate surface area is 191 Å². The standard InChI is InChI=1S/C21H23ClFN3O5S/c1-3-31-21(28)26-12-10-25(11-13-26)20(27)18-14-17(8-9-19(18)22)32(29,30)24(2)16-6-4-15(23)5-7-16/h4-9,14H,3,10-13H2,1-2H3. The molecular formula is C21H23ClFN3O5S. The summed E-state index contributed by atoms with van der Waals surface area (Å²) in [6.07, 6.45) is -0.436. The number of piperazine rings is 1. The minimum atomic E-state index is -4.02. The zero-order valence-corrected chi connectivity index (χ0v) is 19.2. The number of carbonyl (C=O) groups excluding carboxylic acids is 2. The third-order valence-corrected chi connectivity index (χ3v) is 7.22. The van der Waals surface area contributed by atoms with Crippen LogP contribution in [0.4, 0.5) is 14.9 Å². The van der Waals surface area contributed by atoms with Gasteiger partial charge in [0.05, 0.1) is 27.8 Å². The third-order valence-electron chi connectivity index (χ3n) is 5.11. The first-order chi connectivity index (χ1) is 15.1. The van der Waals surface area contributed by atoms with Crippen LogP contribution >= 0.6 is 11.6 Å². The second kappa shape index (κ2) is 9.74. The van der Waals surface area contributed by atoms with Gasteiger partial charge in [0.25, 0.3) is 15.9 Å².